The maximum atomic E-state index is 13.4. The Kier molecular flexibility index (Phi) is 7.50. The predicted molar refractivity (Wildman–Crippen MR) is 134 cm³/mol. The summed E-state index contributed by atoms with van der Waals surface area (Å²) in [7, 11) is -3.97. The summed E-state index contributed by atoms with van der Waals surface area (Å²) in [5.41, 5.74) is 2.60. The van der Waals surface area contributed by atoms with Crippen molar-refractivity contribution >= 4 is 33.2 Å². The third-order valence-electron chi connectivity index (χ3n) is 5.39. The lowest BCUT2D eigenvalue weighted by atomic mass is 9.86. The van der Waals surface area contributed by atoms with E-state index in [9.17, 15) is 13.2 Å². The van der Waals surface area contributed by atoms with E-state index >= 15 is 0 Å². The van der Waals surface area contributed by atoms with Gasteiger partial charge in [0.15, 0.2) is 0 Å². The molecule has 33 heavy (non-hydrogen) atoms. The molecule has 5 nitrogen and oxygen atoms in total. The van der Waals surface area contributed by atoms with Crippen LogP contribution in [0.1, 0.15) is 44.9 Å². The van der Waals surface area contributed by atoms with Gasteiger partial charge in [-0.15, -0.1) is 0 Å². The van der Waals surface area contributed by atoms with E-state index in [2.05, 4.69) is 38.2 Å². The maximum Gasteiger partial charge on any atom is 0.264 e. The minimum absolute atomic E-state index is 0.0389. The van der Waals surface area contributed by atoms with Crippen molar-refractivity contribution in [1.82, 2.24) is 5.32 Å². The van der Waals surface area contributed by atoms with Gasteiger partial charge in [-0.1, -0.05) is 74.8 Å². The molecular weight excluding hydrogens is 456 g/mol. The van der Waals surface area contributed by atoms with E-state index in [1.54, 1.807) is 30.3 Å². The van der Waals surface area contributed by atoms with Crippen LogP contribution in [0.15, 0.2) is 83.8 Å². The number of nitrogens with zero attached hydrogens (tertiary/aromatic N) is 1. The van der Waals surface area contributed by atoms with Crippen LogP contribution >= 0.6 is 11.6 Å². The first-order valence-corrected chi connectivity index (χ1v) is 12.5. The van der Waals surface area contributed by atoms with Crippen molar-refractivity contribution in [2.24, 2.45) is 0 Å². The van der Waals surface area contributed by atoms with E-state index in [1.807, 2.05) is 19.1 Å². The number of carbonyl (C=O) groups excluding carboxylic acids is 1. The zero-order chi connectivity index (χ0) is 24.2. The van der Waals surface area contributed by atoms with Crippen molar-refractivity contribution in [3.8, 4) is 0 Å². The zero-order valence-electron chi connectivity index (χ0n) is 19.2. The molecule has 174 valence electrons. The van der Waals surface area contributed by atoms with Gasteiger partial charge in [-0.3, -0.25) is 9.10 Å². The Morgan fingerprint density at radius 1 is 0.939 bits per heavy atom. The van der Waals surface area contributed by atoms with Gasteiger partial charge in [0.1, 0.15) is 6.54 Å². The molecule has 0 fully saturated rings. The minimum atomic E-state index is -3.97. The van der Waals surface area contributed by atoms with Crippen molar-refractivity contribution in [2.45, 2.75) is 44.0 Å². The number of anilines is 1. The molecule has 0 unspecified atom stereocenters. The summed E-state index contributed by atoms with van der Waals surface area (Å²) < 4.78 is 27.9. The first-order chi connectivity index (χ1) is 15.5. The maximum absolute atomic E-state index is 13.4. The molecule has 0 heterocycles. The molecular formula is C26H29ClN2O3S. The van der Waals surface area contributed by atoms with Crippen LogP contribution in [0, 0.1) is 0 Å². The standard InChI is InChI=1S/C26H29ClN2O3S/c1-19(20-10-12-21(13-11-20)26(2,3)4)28-25(30)18-29(23-8-6-5-7-9-23)33(31,32)24-16-14-22(27)15-17-24/h5-17,19H,18H2,1-4H3,(H,28,30)/t19-/m0/s1. The molecule has 0 aliphatic heterocycles. The molecule has 3 aromatic rings. The van der Waals surface area contributed by atoms with Gasteiger partial charge in [0.25, 0.3) is 10.0 Å². The third-order valence-corrected chi connectivity index (χ3v) is 7.43. The third kappa shape index (κ3) is 6.15. The largest absolute Gasteiger partial charge is 0.348 e. The van der Waals surface area contributed by atoms with Crippen LogP contribution in [-0.2, 0) is 20.2 Å². The van der Waals surface area contributed by atoms with Crippen LogP contribution in [-0.4, -0.2) is 20.9 Å². The molecule has 1 amide bonds. The molecule has 0 aromatic heterocycles. The number of para-hydroxylation sites is 1. The second kappa shape index (κ2) is 9.98. The van der Waals surface area contributed by atoms with Gasteiger partial charge in [0.2, 0.25) is 5.91 Å². The molecule has 3 rings (SSSR count). The average molecular weight is 485 g/mol. The summed E-state index contributed by atoms with van der Waals surface area (Å²) >= 11 is 5.92. The van der Waals surface area contributed by atoms with Gasteiger partial charge in [0.05, 0.1) is 16.6 Å². The summed E-state index contributed by atoms with van der Waals surface area (Å²) in [6.45, 7) is 7.97. The fraction of sp³-hybridized carbons (Fsp3) is 0.269. The van der Waals surface area contributed by atoms with Gasteiger partial charge in [-0.25, -0.2) is 8.42 Å². The number of halogens is 1. The van der Waals surface area contributed by atoms with Crippen LogP contribution in [0.2, 0.25) is 5.02 Å². The summed E-state index contributed by atoms with van der Waals surface area (Å²) in [6, 6.07) is 22.3. The van der Waals surface area contributed by atoms with Crippen LogP contribution in [0.5, 0.6) is 0 Å². The van der Waals surface area contributed by atoms with Crippen LogP contribution < -0.4 is 9.62 Å². The molecule has 7 heteroatoms. The van der Waals surface area contributed by atoms with Crippen LogP contribution in [0.4, 0.5) is 5.69 Å². The number of rotatable bonds is 7. The van der Waals surface area contributed by atoms with Crippen molar-refractivity contribution < 1.29 is 13.2 Å². The Balaban J connectivity index is 1.81. The van der Waals surface area contributed by atoms with Gasteiger partial charge < -0.3 is 5.32 Å². The van der Waals surface area contributed by atoms with Crippen molar-refractivity contribution in [1.29, 1.82) is 0 Å². The van der Waals surface area contributed by atoms with E-state index in [1.165, 1.54) is 29.8 Å². The molecule has 0 spiro atoms. The molecule has 3 aromatic carbocycles. The Bertz CT molecular complexity index is 1190. The molecule has 0 aliphatic rings. The average Bonchev–Trinajstić information content (AvgIpc) is 2.77. The number of hydrogen-bond donors (Lipinski definition) is 1. The monoisotopic (exact) mass is 484 g/mol. The normalized spacial score (nSPS) is 12.8. The highest BCUT2D eigenvalue weighted by Crippen LogP contribution is 2.26. The first-order valence-electron chi connectivity index (χ1n) is 10.7. The highest BCUT2D eigenvalue weighted by molar-refractivity contribution is 7.92. The van der Waals surface area contributed by atoms with Gasteiger partial charge in [-0.2, -0.15) is 0 Å². The molecule has 1 N–H and O–H groups in total. The van der Waals surface area contributed by atoms with Crippen molar-refractivity contribution in [3.05, 3.63) is 95.0 Å². The van der Waals surface area contributed by atoms with Crippen molar-refractivity contribution in [2.75, 3.05) is 10.8 Å². The summed E-state index contributed by atoms with van der Waals surface area (Å²) in [5, 5.41) is 3.36. The summed E-state index contributed by atoms with van der Waals surface area (Å²) in [4.78, 5) is 13.0. The molecule has 0 bridgehead atoms. The number of benzene rings is 3. The fourth-order valence-corrected chi connectivity index (χ4v) is 4.96. The smallest absolute Gasteiger partial charge is 0.264 e. The molecule has 0 saturated heterocycles. The Morgan fingerprint density at radius 2 is 1.52 bits per heavy atom. The first kappa shape index (κ1) is 24.8. The predicted octanol–water partition coefficient (Wildman–Crippen LogP) is 5.71. The quantitative estimate of drug-likeness (QED) is 0.467. The van der Waals surface area contributed by atoms with E-state index in [-0.39, 0.29) is 22.9 Å². The fourth-order valence-electron chi connectivity index (χ4n) is 3.42. The van der Waals surface area contributed by atoms with E-state index in [0.29, 0.717) is 10.7 Å². The topological polar surface area (TPSA) is 66.5 Å². The zero-order valence-corrected chi connectivity index (χ0v) is 20.8. The number of nitrogens with one attached hydrogen (secondary N) is 1. The van der Waals surface area contributed by atoms with Crippen LogP contribution in [0.3, 0.4) is 0 Å². The van der Waals surface area contributed by atoms with Gasteiger partial charge in [-0.05, 0) is 59.9 Å². The molecule has 0 aliphatic carbocycles. The SMILES string of the molecule is C[C@H](NC(=O)CN(c1ccccc1)S(=O)(=O)c1ccc(Cl)cc1)c1ccc(C(C)(C)C)cc1. The lowest BCUT2D eigenvalue weighted by molar-refractivity contribution is -0.120. The lowest BCUT2D eigenvalue weighted by Gasteiger charge is -2.25. The second-order valence-corrected chi connectivity index (χ2v) is 11.3. The Labute approximate surface area is 201 Å². The van der Waals surface area contributed by atoms with Gasteiger partial charge >= 0.3 is 0 Å². The van der Waals surface area contributed by atoms with E-state index in [4.69, 9.17) is 11.6 Å². The number of amides is 1. The van der Waals surface area contributed by atoms with Crippen molar-refractivity contribution in [3.63, 3.8) is 0 Å². The molecule has 0 radical (unpaired) electrons. The summed E-state index contributed by atoms with van der Waals surface area (Å²) in [5.74, 6) is -0.399. The van der Waals surface area contributed by atoms with Gasteiger partial charge in [0, 0.05) is 5.02 Å². The van der Waals surface area contributed by atoms with E-state index < -0.39 is 15.9 Å². The second-order valence-electron chi connectivity index (χ2n) is 8.96. The minimum Gasteiger partial charge on any atom is -0.348 e. The summed E-state index contributed by atoms with van der Waals surface area (Å²) in [6.07, 6.45) is 0. The Hall–Kier alpha value is -2.83. The van der Waals surface area contributed by atoms with Crippen LogP contribution in [0.25, 0.3) is 0 Å². The van der Waals surface area contributed by atoms with E-state index in [0.717, 1.165) is 9.87 Å². The number of sulfonamides is 1. The number of carbonyl (C=O) groups is 1. The molecule has 1 atom stereocenters. The number of hydrogen-bond acceptors (Lipinski definition) is 3. The highest BCUT2D eigenvalue weighted by Gasteiger charge is 2.27. The molecule has 0 saturated carbocycles. The highest BCUT2D eigenvalue weighted by atomic mass is 35.5. The lowest BCUT2D eigenvalue weighted by Crippen LogP contribution is -2.41. The Morgan fingerprint density at radius 3 is 2.06 bits per heavy atom.